The molecule has 0 radical (unpaired) electrons. The molecule has 1 unspecified atom stereocenters. The molecule has 2 atom stereocenters. The molecule has 15 heteroatoms. The summed E-state index contributed by atoms with van der Waals surface area (Å²) in [4.78, 5) is 24.7. The molecule has 11 nitrogen and oxygen atoms in total. The van der Waals surface area contributed by atoms with Crippen LogP contribution >= 0.6 is 11.6 Å². The number of hydrogen-bond acceptors (Lipinski definition) is 10. The number of piperidine rings is 1. The minimum absolute atomic E-state index is 0.0865. The van der Waals surface area contributed by atoms with Crippen molar-refractivity contribution >= 4 is 29.3 Å². The summed E-state index contributed by atoms with van der Waals surface area (Å²) in [6.45, 7) is 4.55. The van der Waals surface area contributed by atoms with Crippen LogP contribution in [0.5, 0.6) is 5.88 Å². The fraction of sp³-hybridized carbons (Fsp3) is 0.517. The Morgan fingerprint density at radius 1 is 1.23 bits per heavy atom. The Bertz CT molecular complexity index is 1480. The topological polar surface area (TPSA) is 124 Å². The summed E-state index contributed by atoms with van der Waals surface area (Å²) in [6.07, 6.45) is -3.47. The first-order chi connectivity index (χ1) is 20.8. The molecule has 44 heavy (non-hydrogen) atoms. The predicted molar refractivity (Wildman–Crippen MR) is 159 cm³/mol. The van der Waals surface area contributed by atoms with Crippen LogP contribution in [0.25, 0.3) is 5.69 Å². The Morgan fingerprint density at radius 3 is 2.64 bits per heavy atom. The number of carbonyl (C=O) groups is 1. The van der Waals surface area contributed by atoms with Crippen LogP contribution in [0.3, 0.4) is 0 Å². The zero-order valence-corrected chi connectivity index (χ0v) is 25.5. The van der Waals surface area contributed by atoms with Crippen LogP contribution in [0, 0.1) is 12.3 Å². The third-order valence-corrected chi connectivity index (χ3v) is 8.30. The Kier molecular flexibility index (Phi) is 9.23. The zero-order chi connectivity index (χ0) is 31.6. The van der Waals surface area contributed by atoms with E-state index in [0.29, 0.717) is 50.7 Å². The molecule has 1 aromatic carbocycles. The molecule has 5 rings (SSSR count). The van der Waals surface area contributed by atoms with Gasteiger partial charge in [-0.15, -0.1) is 0 Å². The maximum Gasteiger partial charge on any atom is 0.429 e. The number of nitrogens with one attached hydrogen (secondary N) is 1. The van der Waals surface area contributed by atoms with E-state index in [1.165, 1.54) is 28.9 Å². The molecule has 3 N–H and O–H groups in total. The molecule has 1 spiro atoms. The summed E-state index contributed by atoms with van der Waals surface area (Å²) in [6, 6.07) is 6.73. The molecule has 2 fully saturated rings. The molecule has 4 heterocycles. The number of halogens is 4. The summed E-state index contributed by atoms with van der Waals surface area (Å²) in [5.41, 5.74) is 6.43. The van der Waals surface area contributed by atoms with Gasteiger partial charge >= 0.3 is 12.1 Å². The van der Waals surface area contributed by atoms with Crippen molar-refractivity contribution in [1.29, 1.82) is 0 Å². The Morgan fingerprint density at radius 2 is 1.98 bits per heavy atom. The first kappa shape index (κ1) is 31.8. The van der Waals surface area contributed by atoms with E-state index >= 15 is 0 Å². The van der Waals surface area contributed by atoms with E-state index in [4.69, 9.17) is 26.8 Å². The molecular formula is C29H36ClF3N8O3. The molecule has 2 saturated heterocycles. The molecular weight excluding hydrogens is 601 g/mol. The third kappa shape index (κ3) is 7.36. The number of aryl methyl sites for hydroxylation is 1. The fourth-order valence-electron chi connectivity index (χ4n) is 5.67. The second-order valence-electron chi connectivity index (χ2n) is 11.7. The number of benzene rings is 1. The van der Waals surface area contributed by atoms with Crippen LogP contribution < -0.4 is 20.7 Å². The van der Waals surface area contributed by atoms with Gasteiger partial charge in [-0.2, -0.15) is 28.2 Å². The third-order valence-electron chi connectivity index (χ3n) is 8.06. The number of esters is 1. The second kappa shape index (κ2) is 12.8. The highest BCUT2D eigenvalue weighted by atomic mass is 35.5. The SMILES string of the molecule is Cc1ccn(-c2cc(Cl)ccc2C(Oc2cc(N3CCC4(CC3)CN[C@H](C(=O)OCCN(C)C)C4)nc(N)n2)C(F)(F)F)n1. The standard InChI is InChI=1S/C29H36ClF3N8O3/c1-18-6-9-41(38-18)22-14-19(30)4-5-20(22)25(29(31,32)33)44-24-15-23(36-27(34)37-24)40-10-7-28(8-11-40)16-21(35-17-28)26(42)43-13-12-39(2)3/h4-6,9,14-15,21,25,35H,7-8,10-13,16-17H2,1-3H3,(H2,34,36,37)/t21-,25?/m0/s1. The number of carbonyl (C=O) groups excluding carboxylic acids is 1. The highest BCUT2D eigenvalue weighted by molar-refractivity contribution is 6.30. The highest BCUT2D eigenvalue weighted by Crippen LogP contribution is 2.42. The van der Waals surface area contributed by atoms with Crippen molar-refractivity contribution < 1.29 is 27.4 Å². The van der Waals surface area contributed by atoms with Gasteiger partial charge < -0.3 is 30.3 Å². The van der Waals surface area contributed by atoms with Crippen molar-refractivity contribution in [2.24, 2.45) is 5.41 Å². The number of anilines is 2. The lowest BCUT2D eigenvalue weighted by Crippen LogP contribution is -2.41. The van der Waals surface area contributed by atoms with Crippen LogP contribution in [0.1, 0.15) is 36.6 Å². The van der Waals surface area contributed by atoms with Gasteiger partial charge in [0.25, 0.3) is 0 Å². The Balaban J connectivity index is 1.30. The smallest absolute Gasteiger partial charge is 0.429 e. The van der Waals surface area contributed by atoms with E-state index in [2.05, 4.69) is 20.4 Å². The van der Waals surface area contributed by atoms with Crippen LogP contribution in [0.15, 0.2) is 36.5 Å². The maximum absolute atomic E-state index is 14.5. The lowest BCUT2D eigenvalue weighted by atomic mass is 9.76. The number of hydrogen-bond donors (Lipinski definition) is 2. The van der Waals surface area contributed by atoms with Crippen LogP contribution in [-0.4, -0.2) is 89.7 Å². The van der Waals surface area contributed by atoms with Gasteiger partial charge in [0, 0.05) is 49.0 Å². The minimum Gasteiger partial charge on any atom is -0.463 e. The number of nitrogens with two attached hydrogens (primary N) is 1. The summed E-state index contributed by atoms with van der Waals surface area (Å²) in [5.74, 6) is -0.397. The number of rotatable bonds is 9. The van der Waals surface area contributed by atoms with Gasteiger partial charge in [-0.25, -0.2) is 4.68 Å². The molecule has 2 aromatic heterocycles. The van der Waals surface area contributed by atoms with Crippen LogP contribution in [0.4, 0.5) is 24.9 Å². The van der Waals surface area contributed by atoms with Gasteiger partial charge in [0.1, 0.15) is 18.5 Å². The predicted octanol–water partition coefficient (Wildman–Crippen LogP) is 3.94. The monoisotopic (exact) mass is 636 g/mol. The van der Waals surface area contributed by atoms with Gasteiger partial charge in [-0.3, -0.25) is 4.79 Å². The van der Waals surface area contributed by atoms with E-state index in [9.17, 15) is 18.0 Å². The molecule has 0 saturated carbocycles. The van der Waals surface area contributed by atoms with Crippen LogP contribution in [0.2, 0.25) is 5.02 Å². The fourth-order valence-corrected chi connectivity index (χ4v) is 5.84. The van der Waals surface area contributed by atoms with E-state index in [-0.39, 0.29) is 45.5 Å². The number of nitrogen functional groups attached to an aromatic ring is 1. The van der Waals surface area contributed by atoms with Crippen molar-refractivity contribution in [3.8, 4) is 11.6 Å². The lowest BCUT2D eigenvalue weighted by Gasteiger charge is -2.39. The molecule has 3 aromatic rings. The van der Waals surface area contributed by atoms with E-state index in [1.807, 2.05) is 23.9 Å². The number of likely N-dealkylation sites (N-methyl/N-ethyl adjacent to an activating group) is 1. The van der Waals surface area contributed by atoms with E-state index in [0.717, 1.165) is 12.8 Å². The van der Waals surface area contributed by atoms with Crippen molar-refractivity contribution in [3.63, 3.8) is 0 Å². The molecule has 238 valence electrons. The molecule has 0 aliphatic carbocycles. The van der Waals surface area contributed by atoms with Gasteiger partial charge in [-0.1, -0.05) is 17.7 Å². The summed E-state index contributed by atoms with van der Waals surface area (Å²) >= 11 is 6.14. The Labute approximate surface area is 258 Å². The van der Waals surface area contributed by atoms with Gasteiger partial charge in [0.15, 0.2) is 0 Å². The summed E-state index contributed by atoms with van der Waals surface area (Å²) in [7, 11) is 3.83. The molecule has 2 aliphatic heterocycles. The Hall–Kier alpha value is -3.62. The lowest BCUT2D eigenvalue weighted by molar-refractivity contribution is -0.198. The number of aromatic nitrogens is 4. The molecule has 0 amide bonds. The van der Waals surface area contributed by atoms with E-state index in [1.54, 1.807) is 19.2 Å². The van der Waals surface area contributed by atoms with Crippen molar-refractivity contribution in [1.82, 2.24) is 30.0 Å². The number of alkyl halides is 3. The minimum atomic E-state index is -4.80. The average Bonchev–Trinajstić information content (AvgIpc) is 3.58. The second-order valence-corrected chi connectivity index (χ2v) is 12.1. The summed E-state index contributed by atoms with van der Waals surface area (Å²) < 4.78 is 55.8. The first-order valence-corrected chi connectivity index (χ1v) is 14.7. The van der Waals surface area contributed by atoms with Crippen molar-refractivity contribution in [3.05, 3.63) is 52.8 Å². The van der Waals surface area contributed by atoms with Crippen molar-refractivity contribution in [2.45, 2.75) is 44.5 Å². The molecule has 2 aliphatic rings. The zero-order valence-electron chi connectivity index (χ0n) is 24.8. The van der Waals surface area contributed by atoms with Gasteiger partial charge in [0.05, 0.1) is 11.4 Å². The first-order valence-electron chi connectivity index (χ1n) is 14.3. The highest BCUT2D eigenvalue weighted by Gasteiger charge is 2.46. The average molecular weight is 637 g/mol. The quantitative estimate of drug-likeness (QED) is 0.334. The van der Waals surface area contributed by atoms with Crippen molar-refractivity contribution in [2.75, 3.05) is 57.5 Å². The number of nitrogens with zero attached hydrogens (tertiary/aromatic N) is 6. The van der Waals surface area contributed by atoms with E-state index < -0.39 is 12.3 Å². The number of ether oxygens (including phenoxy) is 2. The summed E-state index contributed by atoms with van der Waals surface area (Å²) in [5, 5.41) is 7.81. The van der Waals surface area contributed by atoms with Gasteiger partial charge in [-0.05, 0) is 63.9 Å². The largest absolute Gasteiger partial charge is 0.463 e. The molecule has 0 bridgehead atoms. The maximum atomic E-state index is 14.5. The van der Waals surface area contributed by atoms with Crippen LogP contribution in [-0.2, 0) is 9.53 Å². The van der Waals surface area contributed by atoms with Gasteiger partial charge in [0.2, 0.25) is 17.9 Å². The normalized spacial score (nSPS) is 19.0.